The molecule has 1 fully saturated rings. The highest BCUT2D eigenvalue weighted by atomic mass is 35.5. The van der Waals surface area contributed by atoms with Gasteiger partial charge in [-0.05, 0) is 43.5 Å². The van der Waals surface area contributed by atoms with Crippen molar-refractivity contribution in [1.82, 2.24) is 20.2 Å². The van der Waals surface area contributed by atoms with Gasteiger partial charge in [0.2, 0.25) is 0 Å². The number of hydrogen-bond donors (Lipinski definition) is 1. The summed E-state index contributed by atoms with van der Waals surface area (Å²) in [6.45, 7) is 2.28. The van der Waals surface area contributed by atoms with Gasteiger partial charge in [0.25, 0.3) is 5.91 Å². The van der Waals surface area contributed by atoms with E-state index in [9.17, 15) is 4.79 Å². The number of aryl methyl sites for hydroxylation is 1. The summed E-state index contributed by atoms with van der Waals surface area (Å²) >= 11 is 7.38. The molecule has 0 aliphatic heterocycles. The first-order chi connectivity index (χ1) is 13.6. The molecule has 0 spiro atoms. The van der Waals surface area contributed by atoms with Gasteiger partial charge in [-0.15, -0.1) is 10.2 Å². The first kappa shape index (κ1) is 21.0. The van der Waals surface area contributed by atoms with E-state index in [1.54, 1.807) is 0 Å². The summed E-state index contributed by atoms with van der Waals surface area (Å²) in [7, 11) is 1.42. The Morgan fingerprint density at radius 2 is 2.11 bits per heavy atom. The van der Waals surface area contributed by atoms with Crippen molar-refractivity contribution in [2.24, 2.45) is 0 Å². The van der Waals surface area contributed by atoms with E-state index in [1.807, 2.05) is 25.1 Å². The third-order valence-corrected chi connectivity index (χ3v) is 5.90. The van der Waals surface area contributed by atoms with Gasteiger partial charge >= 0.3 is 0 Å². The maximum atomic E-state index is 11.7. The molecule has 1 saturated carbocycles. The molecule has 3 rings (SSSR count). The molecule has 0 saturated heterocycles. The maximum Gasteiger partial charge on any atom is 0.253 e. The van der Waals surface area contributed by atoms with E-state index in [2.05, 4.69) is 25.1 Å². The molecule has 28 heavy (non-hydrogen) atoms. The number of carbonyl (C=O) groups excluding carboxylic acids is 1. The minimum absolute atomic E-state index is 0.208. The Morgan fingerprint density at radius 3 is 2.82 bits per heavy atom. The fourth-order valence-corrected chi connectivity index (χ4v) is 4.44. The van der Waals surface area contributed by atoms with Gasteiger partial charge < -0.3 is 4.74 Å². The molecule has 0 atom stereocenters. The maximum absolute atomic E-state index is 11.7. The van der Waals surface area contributed by atoms with Crippen LogP contribution in [0.25, 0.3) is 0 Å². The third kappa shape index (κ3) is 5.40. The Labute approximate surface area is 174 Å². The Kier molecular flexibility index (Phi) is 7.58. The van der Waals surface area contributed by atoms with Crippen molar-refractivity contribution in [3.05, 3.63) is 34.6 Å². The molecule has 9 heteroatoms. The number of nitrogens with zero attached hydrogens (tertiary/aromatic N) is 3. The van der Waals surface area contributed by atoms with Crippen LogP contribution < -0.4 is 10.2 Å². The quantitative estimate of drug-likeness (QED) is 0.507. The van der Waals surface area contributed by atoms with E-state index < -0.39 is 0 Å². The molecule has 0 bridgehead atoms. The normalized spacial score (nSPS) is 14.8. The molecule has 1 aliphatic carbocycles. The molecular weight excluding hydrogens is 400 g/mol. The molecule has 1 aromatic carbocycles. The number of rotatable bonds is 8. The lowest BCUT2D eigenvalue weighted by Gasteiger charge is -2.25. The van der Waals surface area contributed by atoms with E-state index in [4.69, 9.17) is 16.3 Å². The number of amides is 1. The fraction of sp³-hybridized carbons (Fsp3) is 0.526. The summed E-state index contributed by atoms with van der Waals surface area (Å²) < 4.78 is 8.14. The monoisotopic (exact) mass is 424 g/mol. The van der Waals surface area contributed by atoms with E-state index in [0.717, 1.165) is 35.1 Å². The van der Waals surface area contributed by atoms with Gasteiger partial charge in [0, 0.05) is 11.1 Å². The molecule has 1 N–H and O–H groups in total. The molecule has 0 unspecified atom stereocenters. The molecule has 1 amide bonds. The lowest BCUT2D eigenvalue weighted by atomic mass is 9.95. The Balaban J connectivity index is 1.76. The lowest BCUT2D eigenvalue weighted by Crippen LogP contribution is -2.24. The Bertz CT molecular complexity index is 808. The summed E-state index contributed by atoms with van der Waals surface area (Å²) in [5, 5.41) is 10.1. The number of thioether (sulfide) groups is 1. The van der Waals surface area contributed by atoms with Crippen LogP contribution in [0.3, 0.4) is 0 Å². The zero-order chi connectivity index (χ0) is 19.9. The topological polar surface area (TPSA) is 78.3 Å². The molecule has 1 heterocycles. The Morgan fingerprint density at radius 1 is 1.32 bits per heavy atom. The summed E-state index contributed by atoms with van der Waals surface area (Å²) in [4.78, 5) is 16.4. The minimum atomic E-state index is -0.208. The number of aromatic nitrogens is 3. The number of halogens is 1. The molecule has 1 aromatic heterocycles. The van der Waals surface area contributed by atoms with Gasteiger partial charge in [0.1, 0.15) is 12.4 Å². The number of ether oxygens (including phenoxy) is 1. The molecule has 152 valence electrons. The highest BCUT2D eigenvalue weighted by Crippen LogP contribution is 2.33. The smallest absolute Gasteiger partial charge is 0.253 e. The highest BCUT2D eigenvalue weighted by molar-refractivity contribution is 7.99. The van der Waals surface area contributed by atoms with Gasteiger partial charge in [-0.2, -0.15) is 0 Å². The van der Waals surface area contributed by atoms with Crippen LogP contribution in [0.2, 0.25) is 5.02 Å². The molecular formula is C19H25ClN4O3S. The first-order valence-electron chi connectivity index (χ1n) is 9.36. The standard InChI is InChI=1S/C19H25ClN4O3S/c1-13-10-14(20)8-9-16(13)27-11-17-21-22-19(28-12-18(25)23-26-2)24(17)15-6-4-3-5-7-15/h8-10,15H,3-7,11-12H2,1-2H3,(H,23,25). The SMILES string of the molecule is CONC(=O)CSc1nnc(COc2ccc(Cl)cc2C)n1C1CCCCC1. The average Bonchev–Trinajstić information content (AvgIpc) is 3.09. The van der Waals surface area contributed by atoms with Crippen molar-refractivity contribution in [1.29, 1.82) is 0 Å². The second kappa shape index (κ2) is 10.1. The molecule has 7 nitrogen and oxygen atoms in total. The van der Waals surface area contributed by atoms with Crippen LogP contribution in [-0.4, -0.2) is 33.5 Å². The zero-order valence-corrected chi connectivity index (χ0v) is 17.7. The fourth-order valence-electron chi connectivity index (χ4n) is 3.40. The van der Waals surface area contributed by atoms with Crippen LogP contribution in [0, 0.1) is 6.92 Å². The number of nitrogens with one attached hydrogen (secondary N) is 1. The largest absolute Gasteiger partial charge is 0.485 e. The molecule has 0 radical (unpaired) electrons. The summed E-state index contributed by atoms with van der Waals surface area (Å²) in [6, 6.07) is 5.88. The van der Waals surface area contributed by atoms with Crippen molar-refractivity contribution in [2.75, 3.05) is 12.9 Å². The van der Waals surface area contributed by atoms with E-state index in [1.165, 1.54) is 38.1 Å². The van der Waals surface area contributed by atoms with Crippen molar-refractivity contribution >= 4 is 29.3 Å². The van der Waals surface area contributed by atoms with Gasteiger partial charge in [-0.3, -0.25) is 14.2 Å². The average molecular weight is 425 g/mol. The van der Waals surface area contributed by atoms with Crippen molar-refractivity contribution in [3.63, 3.8) is 0 Å². The first-order valence-corrected chi connectivity index (χ1v) is 10.7. The minimum Gasteiger partial charge on any atom is -0.485 e. The third-order valence-electron chi connectivity index (χ3n) is 4.72. The second-order valence-electron chi connectivity index (χ2n) is 6.78. The lowest BCUT2D eigenvalue weighted by molar-refractivity contribution is -0.128. The van der Waals surface area contributed by atoms with Crippen molar-refractivity contribution in [3.8, 4) is 5.75 Å². The Hall–Kier alpha value is -1.77. The van der Waals surface area contributed by atoms with Gasteiger partial charge in [-0.1, -0.05) is 42.6 Å². The van der Waals surface area contributed by atoms with Crippen LogP contribution in [0.4, 0.5) is 0 Å². The van der Waals surface area contributed by atoms with Gasteiger partial charge in [0.15, 0.2) is 11.0 Å². The van der Waals surface area contributed by atoms with Crippen LogP contribution >= 0.6 is 23.4 Å². The van der Waals surface area contributed by atoms with Crippen molar-refractivity contribution < 1.29 is 14.4 Å². The van der Waals surface area contributed by atoms with E-state index in [0.29, 0.717) is 17.7 Å². The molecule has 2 aromatic rings. The van der Waals surface area contributed by atoms with Crippen LogP contribution in [-0.2, 0) is 16.2 Å². The predicted octanol–water partition coefficient (Wildman–Crippen LogP) is 4.09. The number of carbonyl (C=O) groups is 1. The van der Waals surface area contributed by atoms with Gasteiger partial charge in [-0.25, -0.2) is 5.48 Å². The summed E-state index contributed by atoms with van der Waals surface area (Å²) in [5.74, 6) is 1.56. The highest BCUT2D eigenvalue weighted by Gasteiger charge is 2.24. The van der Waals surface area contributed by atoms with Gasteiger partial charge in [0.05, 0.1) is 12.9 Å². The second-order valence-corrected chi connectivity index (χ2v) is 8.16. The van der Waals surface area contributed by atoms with E-state index in [-0.39, 0.29) is 11.7 Å². The van der Waals surface area contributed by atoms with E-state index >= 15 is 0 Å². The number of hydroxylamine groups is 1. The van der Waals surface area contributed by atoms with Crippen LogP contribution in [0.15, 0.2) is 23.4 Å². The number of hydrogen-bond acceptors (Lipinski definition) is 6. The van der Waals surface area contributed by atoms with Crippen LogP contribution in [0.1, 0.15) is 49.5 Å². The summed E-state index contributed by atoms with van der Waals surface area (Å²) in [6.07, 6.45) is 5.81. The molecule has 1 aliphatic rings. The summed E-state index contributed by atoms with van der Waals surface area (Å²) in [5.41, 5.74) is 3.30. The predicted molar refractivity (Wildman–Crippen MR) is 109 cm³/mol. The number of benzene rings is 1. The van der Waals surface area contributed by atoms with Crippen LogP contribution in [0.5, 0.6) is 5.75 Å². The van der Waals surface area contributed by atoms with Crippen molar-refractivity contribution in [2.45, 2.75) is 56.8 Å². The zero-order valence-electron chi connectivity index (χ0n) is 16.1.